The molecule has 0 saturated carbocycles. The molecule has 104 valence electrons. The fourth-order valence-electron chi connectivity index (χ4n) is 2.54. The summed E-state index contributed by atoms with van der Waals surface area (Å²) in [6.07, 6.45) is 2.07. The molecule has 1 N–H and O–H groups in total. The van der Waals surface area contributed by atoms with Crippen molar-refractivity contribution in [1.29, 1.82) is 0 Å². The number of amides is 2. The maximum atomic E-state index is 12.1. The first-order chi connectivity index (χ1) is 8.62. The molecule has 18 heavy (non-hydrogen) atoms. The quantitative estimate of drug-likeness (QED) is 0.689. The van der Waals surface area contributed by atoms with Crippen LogP contribution < -0.4 is 5.32 Å². The van der Waals surface area contributed by atoms with E-state index in [1.165, 1.54) is 0 Å². The van der Waals surface area contributed by atoms with Gasteiger partial charge in [0.15, 0.2) is 0 Å². The molecule has 5 heteroatoms. The SMILES string of the molecule is CCOCCCN1C(=O)CNC(=O)C1(CC)CC. The van der Waals surface area contributed by atoms with Gasteiger partial charge in [-0.15, -0.1) is 0 Å². The van der Waals surface area contributed by atoms with E-state index >= 15 is 0 Å². The molecule has 2 amide bonds. The summed E-state index contributed by atoms with van der Waals surface area (Å²) in [5.74, 6) is -0.0155. The number of hydrogen-bond donors (Lipinski definition) is 1. The second-order valence-electron chi connectivity index (χ2n) is 4.52. The fraction of sp³-hybridized carbons (Fsp3) is 0.846. The molecule has 0 aromatic rings. The van der Waals surface area contributed by atoms with Gasteiger partial charge in [0, 0.05) is 19.8 Å². The van der Waals surface area contributed by atoms with E-state index in [0.717, 1.165) is 6.42 Å². The van der Waals surface area contributed by atoms with Crippen LogP contribution in [0.2, 0.25) is 0 Å². The molecule has 1 rings (SSSR count). The average molecular weight is 256 g/mol. The van der Waals surface area contributed by atoms with E-state index in [4.69, 9.17) is 4.74 Å². The van der Waals surface area contributed by atoms with Gasteiger partial charge in [0.1, 0.15) is 5.54 Å². The van der Waals surface area contributed by atoms with Crippen LogP contribution in [0.4, 0.5) is 0 Å². The Morgan fingerprint density at radius 1 is 1.28 bits per heavy atom. The highest BCUT2D eigenvalue weighted by atomic mass is 16.5. The number of ether oxygens (including phenoxy) is 1. The summed E-state index contributed by atoms with van der Waals surface area (Å²) in [6, 6.07) is 0. The van der Waals surface area contributed by atoms with Crippen LogP contribution in [0.3, 0.4) is 0 Å². The van der Waals surface area contributed by atoms with E-state index in [1.54, 1.807) is 4.90 Å². The van der Waals surface area contributed by atoms with Crippen molar-refractivity contribution in [3.05, 3.63) is 0 Å². The number of rotatable bonds is 7. The normalized spacial score (nSPS) is 18.9. The summed E-state index contributed by atoms with van der Waals surface area (Å²) in [7, 11) is 0. The molecule has 0 aliphatic carbocycles. The lowest BCUT2D eigenvalue weighted by atomic mass is 9.87. The van der Waals surface area contributed by atoms with E-state index in [-0.39, 0.29) is 18.4 Å². The van der Waals surface area contributed by atoms with E-state index in [9.17, 15) is 9.59 Å². The Hall–Kier alpha value is -1.10. The molecule has 5 nitrogen and oxygen atoms in total. The molecule has 0 aromatic heterocycles. The molecule has 1 aliphatic rings. The van der Waals surface area contributed by atoms with E-state index < -0.39 is 5.54 Å². The fourth-order valence-corrected chi connectivity index (χ4v) is 2.54. The summed E-state index contributed by atoms with van der Waals surface area (Å²) in [5, 5.41) is 2.69. The highest BCUT2D eigenvalue weighted by Crippen LogP contribution is 2.27. The Kier molecular flexibility index (Phi) is 5.59. The van der Waals surface area contributed by atoms with Gasteiger partial charge in [-0.05, 0) is 26.2 Å². The number of hydrogen-bond acceptors (Lipinski definition) is 3. The third-order valence-electron chi connectivity index (χ3n) is 3.68. The van der Waals surface area contributed by atoms with Gasteiger partial charge in [0.05, 0.1) is 6.54 Å². The molecule has 1 heterocycles. The molecule has 0 aromatic carbocycles. The standard InChI is InChI=1S/C13H24N2O3/c1-4-13(5-2)12(17)14-10-11(16)15(13)8-7-9-18-6-3/h4-10H2,1-3H3,(H,14,17). The van der Waals surface area contributed by atoms with Crippen LogP contribution in [-0.4, -0.2) is 48.6 Å². The van der Waals surface area contributed by atoms with Crippen LogP contribution in [0.25, 0.3) is 0 Å². The third kappa shape index (κ3) is 2.83. The molecule has 0 bridgehead atoms. The van der Waals surface area contributed by atoms with Gasteiger partial charge in [0.25, 0.3) is 0 Å². The largest absolute Gasteiger partial charge is 0.382 e. The highest BCUT2D eigenvalue weighted by Gasteiger charge is 2.46. The van der Waals surface area contributed by atoms with Gasteiger partial charge in [-0.2, -0.15) is 0 Å². The Morgan fingerprint density at radius 3 is 2.50 bits per heavy atom. The molecule has 1 fully saturated rings. The highest BCUT2D eigenvalue weighted by molar-refractivity contribution is 5.97. The first-order valence-electron chi connectivity index (χ1n) is 6.78. The lowest BCUT2D eigenvalue weighted by Gasteiger charge is -2.45. The number of nitrogens with zero attached hydrogens (tertiary/aromatic N) is 1. The molecule has 0 unspecified atom stereocenters. The monoisotopic (exact) mass is 256 g/mol. The predicted octanol–water partition coefficient (Wildman–Crippen LogP) is 0.930. The summed E-state index contributed by atoms with van der Waals surface area (Å²) in [5.41, 5.74) is -0.665. The van der Waals surface area contributed by atoms with Crippen LogP contribution >= 0.6 is 0 Å². The number of carbonyl (C=O) groups excluding carboxylic acids is 2. The number of piperazine rings is 1. The van der Waals surface area contributed by atoms with Crippen molar-refractivity contribution in [2.24, 2.45) is 0 Å². The zero-order valence-corrected chi connectivity index (χ0v) is 11.6. The molecule has 1 saturated heterocycles. The van der Waals surface area contributed by atoms with Crippen LogP contribution in [0.5, 0.6) is 0 Å². The van der Waals surface area contributed by atoms with Crippen molar-refractivity contribution in [2.75, 3.05) is 26.3 Å². The van der Waals surface area contributed by atoms with Crippen molar-refractivity contribution in [3.63, 3.8) is 0 Å². The third-order valence-corrected chi connectivity index (χ3v) is 3.68. The van der Waals surface area contributed by atoms with Crippen LogP contribution in [0.15, 0.2) is 0 Å². The maximum Gasteiger partial charge on any atom is 0.246 e. The van der Waals surface area contributed by atoms with Gasteiger partial charge in [-0.25, -0.2) is 0 Å². The second-order valence-corrected chi connectivity index (χ2v) is 4.52. The molecule has 1 aliphatic heterocycles. The molecule has 0 spiro atoms. The maximum absolute atomic E-state index is 12.1. The molecule has 0 atom stereocenters. The predicted molar refractivity (Wildman–Crippen MR) is 69.1 cm³/mol. The van der Waals surface area contributed by atoms with Crippen molar-refractivity contribution < 1.29 is 14.3 Å². The minimum absolute atomic E-state index is 0.00907. The van der Waals surface area contributed by atoms with Crippen molar-refractivity contribution in [3.8, 4) is 0 Å². The lowest BCUT2D eigenvalue weighted by Crippen LogP contribution is -2.66. The van der Waals surface area contributed by atoms with Crippen molar-refractivity contribution in [1.82, 2.24) is 10.2 Å². The number of nitrogens with one attached hydrogen (secondary N) is 1. The Bertz CT molecular complexity index is 301. The molecular weight excluding hydrogens is 232 g/mol. The Morgan fingerprint density at radius 2 is 1.94 bits per heavy atom. The van der Waals surface area contributed by atoms with Crippen molar-refractivity contribution in [2.45, 2.75) is 45.6 Å². The molecule has 0 radical (unpaired) electrons. The zero-order chi connectivity index (χ0) is 13.6. The Labute approximate surface area is 109 Å². The van der Waals surface area contributed by atoms with Crippen LogP contribution in [-0.2, 0) is 14.3 Å². The van der Waals surface area contributed by atoms with Gasteiger partial charge in [-0.3, -0.25) is 9.59 Å². The first-order valence-corrected chi connectivity index (χ1v) is 6.78. The summed E-state index contributed by atoms with van der Waals surface area (Å²) < 4.78 is 5.28. The average Bonchev–Trinajstić information content (AvgIpc) is 2.39. The first kappa shape index (κ1) is 15.0. The summed E-state index contributed by atoms with van der Waals surface area (Å²) >= 11 is 0. The van der Waals surface area contributed by atoms with Gasteiger partial charge in [-0.1, -0.05) is 13.8 Å². The van der Waals surface area contributed by atoms with Crippen LogP contribution in [0, 0.1) is 0 Å². The van der Waals surface area contributed by atoms with Crippen molar-refractivity contribution >= 4 is 11.8 Å². The summed E-state index contributed by atoms with van der Waals surface area (Å²) in [4.78, 5) is 25.8. The van der Waals surface area contributed by atoms with Gasteiger partial charge in [0.2, 0.25) is 11.8 Å². The topological polar surface area (TPSA) is 58.6 Å². The van der Waals surface area contributed by atoms with E-state index in [2.05, 4.69) is 5.32 Å². The molecular formula is C13H24N2O3. The van der Waals surface area contributed by atoms with Crippen LogP contribution in [0.1, 0.15) is 40.0 Å². The second kappa shape index (κ2) is 6.73. The smallest absolute Gasteiger partial charge is 0.246 e. The minimum Gasteiger partial charge on any atom is -0.382 e. The summed E-state index contributed by atoms with van der Waals surface area (Å²) in [6.45, 7) is 7.88. The minimum atomic E-state index is -0.665. The lowest BCUT2D eigenvalue weighted by molar-refractivity contribution is -0.154. The van der Waals surface area contributed by atoms with Gasteiger partial charge >= 0.3 is 0 Å². The van der Waals surface area contributed by atoms with Gasteiger partial charge < -0.3 is 15.0 Å². The zero-order valence-electron chi connectivity index (χ0n) is 11.6. The number of carbonyl (C=O) groups is 2. The Balaban J connectivity index is 2.73. The van der Waals surface area contributed by atoms with E-state index in [1.807, 2.05) is 20.8 Å². The van der Waals surface area contributed by atoms with E-state index in [0.29, 0.717) is 32.6 Å².